The summed E-state index contributed by atoms with van der Waals surface area (Å²) >= 11 is 0. The zero-order chi connectivity index (χ0) is 17.4. The summed E-state index contributed by atoms with van der Waals surface area (Å²) in [6.07, 6.45) is 2.71. The van der Waals surface area contributed by atoms with Crippen molar-refractivity contribution in [1.29, 1.82) is 0 Å². The Morgan fingerprint density at radius 2 is 1.75 bits per heavy atom. The lowest BCUT2D eigenvalue weighted by atomic mass is 10.1. The predicted molar refractivity (Wildman–Crippen MR) is 93.3 cm³/mol. The molecule has 0 aliphatic carbocycles. The van der Waals surface area contributed by atoms with Gasteiger partial charge in [0.25, 0.3) is 5.91 Å². The molecule has 1 atom stereocenters. The molecular formula is C18H29N4O2+. The third-order valence-corrected chi connectivity index (χ3v) is 4.36. The number of nitrogens with one attached hydrogen (secondary N) is 1. The number of piperazine rings is 1. The number of rotatable bonds is 6. The summed E-state index contributed by atoms with van der Waals surface area (Å²) in [4.78, 5) is 28.2. The van der Waals surface area contributed by atoms with Crippen molar-refractivity contribution in [2.24, 2.45) is 0 Å². The Hall–Kier alpha value is -2.08. The minimum Gasteiger partial charge on any atom is -0.347 e. The summed E-state index contributed by atoms with van der Waals surface area (Å²) in [5.74, 6) is 0.0740. The molecule has 1 fully saturated rings. The van der Waals surface area contributed by atoms with Crippen LogP contribution in [0, 0.1) is 0 Å². The van der Waals surface area contributed by atoms with Gasteiger partial charge in [0, 0.05) is 39.1 Å². The molecule has 0 aromatic heterocycles. The Morgan fingerprint density at radius 3 is 2.38 bits per heavy atom. The standard InChI is InChI=1S/C18H28N4O2/c1-2-3-9-20-18(24)22-12-10-21(11-13-22)17(23)16(19)14-15-7-5-4-6-8-15/h4-8,16H,2-3,9-14,19H2,1H3,(H,20,24)/p+1/t16-/m1/s1. The van der Waals surface area contributed by atoms with Gasteiger partial charge in [-0.2, -0.15) is 0 Å². The van der Waals surface area contributed by atoms with Gasteiger partial charge in [0.05, 0.1) is 0 Å². The number of quaternary nitrogens is 1. The van der Waals surface area contributed by atoms with E-state index < -0.39 is 0 Å². The lowest BCUT2D eigenvalue weighted by molar-refractivity contribution is -0.405. The fourth-order valence-electron chi connectivity index (χ4n) is 2.86. The van der Waals surface area contributed by atoms with E-state index in [4.69, 9.17) is 0 Å². The van der Waals surface area contributed by atoms with E-state index in [1.54, 1.807) is 4.90 Å². The fraction of sp³-hybridized carbons (Fsp3) is 0.556. The lowest BCUT2D eigenvalue weighted by Crippen LogP contribution is -2.70. The van der Waals surface area contributed by atoms with Gasteiger partial charge in [0.15, 0.2) is 6.04 Å². The summed E-state index contributed by atoms with van der Waals surface area (Å²) in [5.41, 5.74) is 5.15. The average Bonchev–Trinajstić information content (AvgIpc) is 2.62. The number of hydrogen-bond acceptors (Lipinski definition) is 2. The first kappa shape index (κ1) is 18.3. The molecule has 6 heteroatoms. The third kappa shape index (κ3) is 5.23. The summed E-state index contributed by atoms with van der Waals surface area (Å²) in [6.45, 7) is 5.15. The largest absolute Gasteiger partial charge is 0.347 e. The van der Waals surface area contributed by atoms with Gasteiger partial charge >= 0.3 is 6.03 Å². The molecule has 132 valence electrons. The maximum atomic E-state index is 12.5. The van der Waals surface area contributed by atoms with Gasteiger partial charge in [-0.3, -0.25) is 4.79 Å². The van der Waals surface area contributed by atoms with Crippen molar-refractivity contribution < 1.29 is 15.3 Å². The van der Waals surface area contributed by atoms with Gasteiger partial charge in [-0.1, -0.05) is 43.7 Å². The first-order valence-corrected chi connectivity index (χ1v) is 8.80. The molecule has 1 heterocycles. The van der Waals surface area contributed by atoms with E-state index in [0.29, 0.717) is 39.1 Å². The van der Waals surface area contributed by atoms with Crippen LogP contribution in [0.2, 0.25) is 0 Å². The van der Waals surface area contributed by atoms with E-state index in [2.05, 4.69) is 18.0 Å². The molecule has 0 spiro atoms. The van der Waals surface area contributed by atoms with Gasteiger partial charge in [0.2, 0.25) is 0 Å². The minimum atomic E-state index is -0.280. The van der Waals surface area contributed by atoms with Crippen molar-refractivity contribution in [2.75, 3.05) is 32.7 Å². The quantitative estimate of drug-likeness (QED) is 0.743. The van der Waals surface area contributed by atoms with Crippen molar-refractivity contribution >= 4 is 11.9 Å². The number of urea groups is 1. The maximum Gasteiger partial charge on any atom is 0.317 e. The molecule has 0 bridgehead atoms. The smallest absolute Gasteiger partial charge is 0.317 e. The van der Waals surface area contributed by atoms with E-state index in [1.807, 2.05) is 35.2 Å². The van der Waals surface area contributed by atoms with Crippen LogP contribution in [0.3, 0.4) is 0 Å². The topological polar surface area (TPSA) is 80.3 Å². The molecule has 4 N–H and O–H groups in total. The van der Waals surface area contributed by atoms with Crippen LogP contribution < -0.4 is 11.1 Å². The van der Waals surface area contributed by atoms with Crippen LogP contribution in [0.25, 0.3) is 0 Å². The van der Waals surface area contributed by atoms with Crippen LogP contribution in [0.4, 0.5) is 4.79 Å². The van der Waals surface area contributed by atoms with Crippen LogP contribution in [0.15, 0.2) is 30.3 Å². The molecular weight excluding hydrogens is 304 g/mol. The van der Waals surface area contributed by atoms with E-state index in [0.717, 1.165) is 18.4 Å². The fourth-order valence-corrected chi connectivity index (χ4v) is 2.86. The summed E-state index contributed by atoms with van der Waals surface area (Å²) < 4.78 is 0. The van der Waals surface area contributed by atoms with Crippen molar-refractivity contribution in [2.45, 2.75) is 32.2 Å². The summed E-state index contributed by atoms with van der Waals surface area (Å²) in [6, 6.07) is 9.65. The van der Waals surface area contributed by atoms with Gasteiger partial charge in [-0.15, -0.1) is 0 Å². The molecule has 1 aromatic carbocycles. The molecule has 2 rings (SSSR count). The number of nitrogens with zero attached hydrogens (tertiary/aromatic N) is 2. The highest BCUT2D eigenvalue weighted by Gasteiger charge is 2.28. The van der Waals surface area contributed by atoms with Crippen molar-refractivity contribution in [3.63, 3.8) is 0 Å². The Bertz CT molecular complexity index is 527. The zero-order valence-corrected chi connectivity index (χ0v) is 14.5. The predicted octanol–water partition coefficient (Wildman–Crippen LogP) is 0.494. The monoisotopic (exact) mass is 333 g/mol. The number of unbranched alkanes of at least 4 members (excludes halogenated alkanes) is 1. The molecule has 0 unspecified atom stereocenters. The van der Waals surface area contributed by atoms with E-state index in [9.17, 15) is 9.59 Å². The van der Waals surface area contributed by atoms with Gasteiger partial charge < -0.3 is 20.9 Å². The lowest BCUT2D eigenvalue weighted by Gasteiger charge is -2.35. The highest BCUT2D eigenvalue weighted by molar-refractivity contribution is 5.81. The van der Waals surface area contributed by atoms with Crippen molar-refractivity contribution in [3.05, 3.63) is 35.9 Å². The second-order valence-electron chi connectivity index (χ2n) is 6.28. The SMILES string of the molecule is CCCCNC(=O)N1CCN(C(=O)[C@H]([NH3+])Cc2ccccc2)CC1. The number of carbonyl (C=O) groups is 2. The summed E-state index contributed by atoms with van der Waals surface area (Å²) in [7, 11) is 0. The van der Waals surface area contributed by atoms with Crippen LogP contribution in [0.5, 0.6) is 0 Å². The normalized spacial score (nSPS) is 15.9. The van der Waals surface area contributed by atoms with Crippen LogP contribution in [-0.4, -0.2) is 60.5 Å². The zero-order valence-electron chi connectivity index (χ0n) is 14.5. The Balaban J connectivity index is 1.76. The molecule has 1 saturated heterocycles. The maximum absolute atomic E-state index is 12.5. The molecule has 3 amide bonds. The van der Waals surface area contributed by atoms with Crippen LogP contribution >= 0.6 is 0 Å². The van der Waals surface area contributed by atoms with Gasteiger partial charge in [0.1, 0.15) is 0 Å². The summed E-state index contributed by atoms with van der Waals surface area (Å²) in [5, 5.41) is 2.92. The second kappa shape index (κ2) is 9.27. The van der Waals surface area contributed by atoms with E-state index in [1.165, 1.54) is 0 Å². The molecule has 24 heavy (non-hydrogen) atoms. The number of carbonyl (C=O) groups excluding carboxylic acids is 2. The van der Waals surface area contributed by atoms with Crippen molar-refractivity contribution in [3.8, 4) is 0 Å². The van der Waals surface area contributed by atoms with E-state index in [-0.39, 0.29) is 18.0 Å². The molecule has 1 aliphatic rings. The number of hydrogen-bond donors (Lipinski definition) is 2. The second-order valence-corrected chi connectivity index (χ2v) is 6.28. The molecule has 0 radical (unpaired) electrons. The number of amides is 3. The Labute approximate surface area is 144 Å². The first-order valence-electron chi connectivity index (χ1n) is 8.80. The van der Waals surface area contributed by atoms with Gasteiger partial charge in [-0.05, 0) is 12.0 Å². The minimum absolute atomic E-state index is 0.0222. The highest BCUT2D eigenvalue weighted by atomic mass is 16.2. The van der Waals surface area contributed by atoms with Crippen LogP contribution in [-0.2, 0) is 11.2 Å². The molecule has 1 aromatic rings. The molecule has 0 saturated carbocycles. The Morgan fingerprint density at radius 1 is 1.12 bits per heavy atom. The Kier molecular flexibility index (Phi) is 7.06. The highest BCUT2D eigenvalue weighted by Crippen LogP contribution is 2.07. The van der Waals surface area contributed by atoms with E-state index >= 15 is 0 Å². The first-order chi connectivity index (χ1) is 11.6. The molecule has 6 nitrogen and oxygen atoms in total. The average molecular weight is 333 g/mol. The van der Waals surface area contributed by atoms with Gasteiger partial charge in [-0.25, -0.2) is 4.79 Å². The third-order valence-electron chi connectivity index (χ3n) is 4.36. The van der Waals surface area contributed by atoms with Crippen LogP contribution in [0.1, 0.15) is 25.3 Å². The number of benzene rings is 1. The van der Waals surface area contributed by atoms with Crippen molar-refractivity contribution in [1.82, 2.24) is 15.1 Å². The molecule has 1 aliphatic heterocycles.